The van der Waals surface area contributed by atoms with Crippen molar-refractivity contribution in [2.24, 2.45) is 7.05 Å². The number of aromatic nitrogens is 2. The monoisotopic (exact) mass is 464 g/mol. The standard InChI is InChI=1S/C24H24N4O6/c1-28-11-19(21(27-28)22(29)25-20(13-33-2)23(30)31)26-24(32)34-12-18-16-9-5-3-7-14(16)15-8-4-6-10-17(15)18/h3-11,18,20H,12-13H2,1-2H3,(H,25,29)(H,26,32)(H,30,31)/t20-/m0/s1. The van der Waals surface area contributed by atoms with Gasteiger partial charge in [-0.15, -0.1) is 0 Å². The van der Waals surface area contributed by atoms with Crippen molar-refractivity contribution in [2.75, 3.05) is 25.6 Å². The molecule has 0 bridgehead atoms. The van der Waals surface area contributed by atoms with E-state index in [9.17, 15) is 19.5 Å². The molecule has 10 nitrogen and oxygen atoms in total. The number of hydrogen-bond donors (Lipinski definition) is 3. The fourth-order valence-electron chi connectivity index (χ4n) is 4.06. The second kappa shape index (κ2) is 9.75. The number of anilines is 1. The zero-order valence-electron chi connectivity index (χ0n) is 18.6. The van der Waals surface area contributed by atoms with E-state index in [0.29, 0.717) is 0 Å². The lowest BCUT2D eigenvalue weighted by molar-refractivity contribution is -0.140. The van der Waals surface area contributed by atoms with Gasteiger partial charge in [-0.1, -0.05) is 48.5 Å². The van der Waals surface area contributed by atoms with Gasteiger partial charge >= 0.3 is 12.1 Å². The summed E-state index contributed by atoms with van der Waals surface area (Å²) in [4.78, 5) is 36.5. The zero-order chi connectivity index (χ0) is 24.2. The van der Waals surface area contributed by atoms with E-state index in [0.717, 1.165) is 22.3 Å². The van der Waals surface area contributed by atoms with E-state index in [1.807, 2.05) is 48.5 Å². The zero-order valence-corrected chi connectivity index (χ0v) is 18.6. The van der Waals surface area contributed by atoms with Crippen LogP contribution in [-0.4, -0.2) is 59.2 Å². The number of nitrogens with one attached hydrogen (secondary N) is 2. The van der Waals surface area contributed by atoms with Gasteiger partial charge in [0, 0.05) is 26.3 Å². The van der Waals surface area contributed by atoms with Crippen LogP contribution in [-0.2, 0) is 21.3 Å². The Balaban J connectivity index is 1.45. The van der Waals surface area contributed by atoms with E-state index in [4.69, 9.17) is 9.47 Å². The number of aryl methyl sites for hydroxylation is 1. The summed E-state index contributed by atoms with van der Waals surface area (Å²) in [5.74, 6) is -2.13. The number of benzene rings is 2. The summed E-state index contributed by atoms with van der Waals surface area (Å²) in [6, 6.07) is 14.7. The number of fused-ring (bicyclic) bond motifs is 3. The summed E-state index contributed by atoms with van der Waals surface area (Å²) >= 11 is 0. The highest BCUT2D eigenvalue weighted by Gasteiger charge is 2.29. The van der Waals surface area contributed by atoms with Gasteiger partial charge in [0.2, 0.25) is 0 Å². The van der Waals surface area contributed by atoms with E-state index in [1.54, 1.807) is 7.05 Å². The van der Waals surface area contributed by atoms with Crippen LogP contribution in [0.4, 0.5) is 10.5 Å². The van der Waals surface area contributed by atoms with Gasteiger partial charge in [-0.2, -0.15) is 5.10 Å². The van der Waals surface area contributed by atoms with Crippen LogP contribution < -0.4 is 10.6 Å². The van der Waals surface area contributed by atoms with E-state index < -0.39 is 24.0 Å². The molecular weight excluding hydrogens is 440 g/mol. The molecule has 0 unspecified atom stereocenters. The summed E-state index contributed by atoms with van der Waals surface area (Å²) < 4.78 is 11.7. The SMILES string of the molecule is COC[C@H](NC(=O)c1nn(C)cc1NC(=O)OCC1c2ccccc2-c2ccccc21)C(=O)O. The molecule has 10 heteroatoms. The Kier molecular flexibility index (Phi) is 6.60. The Morgan fingerprint density at radius 2 is 1.71 bits per heavy atom. The molecule has 1 heterocycles. The average Bonchev–Trinajstić information content (AvgIpc) is 3.34. The molecule has 0 radical (unpaired) electrons. The molecule has 34 heavy (non-hydrogen) atoms. The predicted molar refractivity (Wildman–Crippen MR) is 123 cm³/mol. The summed E-state index contributed by atoms with van der Waals surface area (Å²) in [6.45, 7) is -0.111. The maximum atomic E-state index is 12.6. The van der Waals surface area contributed by atoms with Gasteiger partial charge in [-0.05, 0) is 22.3 Å². The molecule has 0 spiro atoms. The number of carbonyl (C=O) groups excluding carboxylic acids is 2. The van der Waals surface area contributed by atoms with Crippen molar-refractivity contribution >= 4 is 23.7 Å². The summed E-state index contributed by atoms with van der Waals surface area (Å²) in [7, 11) is 2.90. The topological polar surface area (TPSA) is 132 Å². The normalized spacial score (nSPS) is 13.0. The lowest BCUT2D eigenvalue weighted by atomic mass is 9.98. The molecule has 3 N–H and O–H groups in total. The van der Waals surface area contributed by atoms with Crippen molar-refractivity contribution in [3.05, 3.63) is 71.5 Å². The first-order chi connectivity index (χ1) is 16.4. The van der Waals surface area contributed by atoms with Crippen LogP contribution in [0.1, 0.15) is 27.5 Å². The van der Waals surface area contributed by atoms with Gasteiger partial charge in [-0.3, -0.25) is 14.8 Å². The van der Waals surface area contributed by atoms with Crippen LogP contribution in [0, 0.1) is 0 Å². The third-order valence-corrected chi connectivity index (χ3v) is 5.56. The van der Waals surface area contributed by atoms with Crippen molar-refractivity contribution < 1.29 is 29.0 Å². The molecule has 1 aliphatic rings. The number of carbonyl (C=O) groups is 3. The molecule has 4 rings (SSSR count). The van der Waals surface area contributed by atoms with Crippen molar-refractivity contribution in [1.29, 1.82) is 0 Å². The first kappa shape index (κ1) is 23.0. The molecule has 1 aromatic heterocycles. The van der Waals surface area contributed by atoms with Crippen LogP contribution in [0.5, 0.6) is 0 Å². The molecule has 176 valence electrons. The van der Waals surface area contributed by atoms with E-state index in [1.165, 1.54) is 18.0 Å². The molecule has 0 aliphatic heterocycles. The molecule has 0 fully saturated rings. The van der Waals surface area contributed by atoms with Gasteiger partial charge in [0.05, 0.1) is 12.3 Å². The highest BCUT2D eigenvalue weighted by molar-refractivity contribution is 6.02. The Bertz CT molecular complexity index is 1190. The maximum absolute atomic E-state index is 12.6. The fraction of sp³-hybridized carbons (Fsp3) is 0.250. The number of nitrogens with zero attached hydrogens (tertiary/aromatic N) is 2. The molecule has 0 saturated carbocycles. The minimum absolute atomic E-state index is 0.0961. The van der Waals surface area contributed by atoms with E-state index in [-0.39, 0.29) is 30.5 Å². The summed E-state index contributed by atoms with van der Waals surface area (Å²) in [5, 5.41) is 18.1. The minimum Gasteiger partial charge on any atom is -0.480 e. The van der Waals surface area contributed by atoms with Crippen LogP contribution in [0.25, 0.3) is 11.1 Å². The fourth-order valence-corrected chi connectivity index (χ4v) is 4.06. The molecule has 0 saturated heterocycles. The quantitative estimate of drug-likeness (QED) is 0.467. The van der Waals surface area contributed by atoms with Crippen LogP contribution in [0.2, 0.25) is 0 Å². The van der Waals surface area contributed by atoms with E-state index >= 15 is 0 Å². The van der Waals surface area contributed by atoms with Gasteiger partial charge in [0.1, 0.15) is 6.61 Å². The maximum Gasteiger partial charge on any atom is 0.411 e. The van der Waals surface area contributed by atoms with Crippen molar-refractivity contribution in [1.82, 2.24) is 15.1 Å². The third kappa shape index (κ3) is 4.62. The first-order valence-electron chi connectivity index (χ1n) is 10.6. The number of ether oxygens (including phenoxy) is 2. The lowest BCUT2D eigenvalue weighted by Crippen LogP contribution is -2.44. The summed E-state index contributed by atoms with van der Waals surface area (Å²) in [5.41, 5.74) is 4.34. The van der Waals surface area contributed by atoms with Crippen LogP contribution in [0.15, 0.2) is 54.7 Å². The third-order valence-electron chi connectivity index (χ3n) is 5.56. The van der Waals surface area contributed by atoms with Crippen molar-refractivity contribution in [3.8, 4) is 11.1 Å². The van der Waals surface area contributed by atoms with Gasteiger partial charge in [0.25, 0.3) is 5.91 Å². The Morgan fingerprint density at radius 1 is 1.09 bits per heavy atom. The van der Waals surface area contributed by atoms with Crippen molar-refractivity contribution in [2.45, 2.75) is 12.0 Å². The number of hydrogen-bond acceptors (Lipinski definition) is 6. The molecule has 1 atom stereocenters. The number of amides is 2. The second-order valence-electron chi connectivity index (χ2n) is 7.84. The largest absolute Gasteiger partial charge is 0.480 e. The Labute approximate surface area is 195 Å². The Hall–Kier alpha value is -4.18. The average molecular weight is 464 g/mol. The summed E-state index contributed by atoms with van der Waals surface area (Å²) in [6.07, 6.45) is 0.679. The highest BCUT2D eigenvalue weighted by atomic mass is 16.5. The van der Waals surface area contributed by atoms with E-state index in [2.05, 4.69) is 15.7 Å². The van der Waals surface area contributed by atoms with Gasteiger partial charge in [-0.25, -0.2) is 9.59 Å². The van der Waals surface area contributed by atoms with Gasteiger partial charge < -0.3 is 19.9 Å². The highest BCUT2D eigenvalue weighted by Crippen LogP contribution is 2.44. The lowest BCUT2D eigenvalue weighted by Gasteiger charge is -2.15. The van der Waals surface area contributed by atoms with Crippen LogP contribution in [0.3, 0.4) is 0 Å². The predicted octanol–water partition coefficient (Wildman–Crippen LogP) is 2.61. The first-order valence-corrected chi connectivity index (χ1v) is 10.6. The smallest absolute Gasteiger partial charge is 0.411 e. The Morgan fingerprint density at radius 3 is 2.29 bits per heavy atom. The number of rotatable bonds is 8. The molecular formula is C24H24N4O6. The molecule has 2 amide bonds. The van der Waals surface area contributed by atoms with Crippen molar-refractivity contribution in [3.63, 3.8) is 0 Å². The molecule has 2 aromatic carbocycles. The number of carboxylic acid groups (broad SMARTS) is 1. The molecule has 3 aromatic rings. The number of methoxy groups -OCH3 is 1. The second-order valence-corrected chi connectivity index (χ2v) is 7.84. The minimum atomic E-state index is -1.26. The number of aliphatic carboxylic acids is 1. The molecule has 1 aliphatic carbocycles. The number of carboxylic acids is 1. The van der Waals surface area contributed by atoms with Gasteiger partial charge in [0.15, 0.2) is 11.7 Å². The van der Waals surface area contributed by atoms with Crippen LogP contribution >= 0.6 is 0 Å².